The number of thiazole rings is 1. The van der Waals surface area contributed by atoms with E-state index in [1.165, 1.54) is 17.4 Å². The number of aromatic nitrogens is 1. The summed E-state index contributed by atoms with van der Waals surface area (Å²) in [5.74, 6) is 0.547. The highest BCUT2D eigenvalue weighted by molar-refractivity contribution is 9.10. The van der Waals surface area contributed by atoms with Crippen molar-refractivity contribution >= 4 is 54.6 Å². The molecule has 3 rings (SSSR count). The first-order valence-corrected chi connectivity index (χ1v) is 8.33. The fraction of sp³-hybridized carbons (Fsp3) is 0.0625. The number of hydrogen-bond donors (Lipinski definition) is 1. The van der Waals surface area contributed by atoms with Crippen LogP contribution in [0, 0.1) is 11.3 Å². The first kappa shape index (κ1) is 16.2. The Hall–Kier alpha value is -2.63. The summed E-state index contributed by atoms with van der Waals surface area (Å²) in [4.78, 5) is 16.6. The van der Waals surface area contributed by atoms with Gasteiger partial charge in [-0.25, -0.2) is 4.98 Å². The first-order valence-electron chi connectivity index (χ1n) is 6.72. The maximum absolute atomic E-state index is 12.2. The Morgan fingerprint density at radius 1 is 1.46 bits per heavy atom. The van der Waals surface area contributed by atoms with Crippen LogP contribution in [-0.2, 0) is 4.79 Å². The van der Waals surface area contributed by atoms with Crippen molar-refractivity contribution in [3.05, 3.63) is 46.3 Å². The van der Waals surface area contributed by atoms with E-state index >= 15 is 0 Å². The molecule has 120 valence electrons. The maximum Gasteiger partial charge on any atom is 0.268 e. The quantitative estimate of drug-likeness (QED) is 0.520. The van der Waals surface area contributed by atoms with Gasteiger partial charge in [-0.2, -0.15) is 5.26 Å². The number of rotatable bonds is 4. The van der Waals surface area contributed by atoms with Gasteiger partial charge in [-0.3, -0.25) is 10.1 Å². The maximum atomic E-state index is 12.2. The van der Waals surface area contributed by atoms with Crippen LogP contribution in [0.2, 0.25) is 0 Å². The van der Waals surface area contributed by atoms with Crippen molar-refractivity contribution in [3.8, 4) is 11.8 Å². The summed E-state index contributed by atoms with van der Waals surface area (Å²) in [6.45, 7) is 0. The van der Waals surface area contributed by atoms with Crippen LogP contribution >= 0.6 is 27.3 Å². The number of benzene rings is 1. The van der Waals surface area contributed by atoms with E-state index in [-0.39, 0.29) is 5.57 Å². The van der Waals surface area contributed by atoms with Gasteiger partial charge in [0.25, 0.3) is 5.91 Å². The van der Waals surface area contributed by atoms with Crippen molar-refractivity contribution in [1.29, 1.82) is 5.26 Å². The largest absolute Gasteiger partial charge is 0.497 e. The van der Waals surface area contributed by atoms with Gasteiger partial charge in [0.1, 0.15) is 23.2 Å². The number of nitrogens with one attached hydrogen (secondary N) is 1. The predicted octanol–water partition coefficient (Wildman–Crippen LogP) is 4.21. The second kappa shape index (κ2) is 6.86. The molecule has 0 aliphatic rings. The lowest BCUT2D eigenvalue weighted by Gasteiger charge is -1.98. The molecule has 3 aromatic rings. The molecule has 1 N–H and O–H groups in total. The summed E-state index contributed by atoms with van der Waals surface area (Å²) in [5.41, 5.74) is 0.640. The first-order chi connectivity index (χ1) is 11.6. The zero-order valence-corrected chi connectivity index (χ0v) is 14.8. The van der Waals surface area contributed by atoms with Crippen LogP contribution in [0.5, 0.6) is 5.75 Å². The molecule has 0 atom stereocenters. The molecule has 2 heterocycles. The topological polar surface area (TPSA) is 88.1 Å². The zero-order valence-electron chi connectivity index (χ0n) is 12.4. The number of furan rings is 1. The molecule has 8 heteroatoms. The van der Waals surface area contributed by atoms with Gasteiger partial charge in [-0.1, -0.05) is 11.3 Å². The SMILES string of the molecule is COc1ccc2sc(NC(=O)/C(C#N)=C/c3ccc(Br)o3)nc2c1. The van der Waals surface area contributed by atoms with Crippen LogP contribution < -0.4 is 10.1 Å². The highest BCUT2D eigenvalue weighted by Gasteiger charge is 2.13. The highest BCUT2D eigenvalue weighted by atomic mass is 79.9. The minimum atomic E-state index is -0.545. The van der Waals surface area contributed by atoms with E-state index < -0.39 is 5.91 Å². The Morgan fingerprint density at radius 2 is 2.29 bits per heavy atom. The van der Waals surface area contributed by atoms with Gasteiger partial charge in [0.05, 0.1) is 17.3 Å². The van der Waals surface area contributed by atoms with Gasteiger partial charge >= 0.3 is 0 Å². The molecule has 1 amide bonds. The summed E-state index contributed by atoms with van der Waals surface area (Å²) in [5, 5.41) is 12.2. The standard InChI is InChI=1S/C16H10BrN3O3S/c1-22-10-2-4-13-12(7-10)19-16(24-13)20-15(21)9(8-18)6-11-3-5-14(17)23-11/h2-7H,1H3,(H,19,20,21)/b9-6+. The number of nitrogens with zero attached hydrogens (tertiary/aromatic N) is 2. The number of carbonyl (C=O) groups is 1. The van der Waals surface area contributed by atoms with Crippen LogP contribution in [0.4, 0.5) is 5.13 Å². The van der Waals surface area contributed by atoms with Crippen molar-refractivity contribution in [3.63, 3.8) is 0 Å². The smallest absolute Gasteiger partial charge is 0.268 e. The van der Waals surface area contributed by atoms with Crippen LogP contribution in [0.1, 0.15) is 5.76 Å². The highest BCUT2D eigenvalue weighted by Crippen LogP contribution is 2.29. The van der Waals surface area contributed by atoms with E-state index in [2.05, 4.69) is 26.2 Å². The average Bonchev–Trinajstić information content (AvgIpc) is 3.16. The molecule has 0 aliphatic carbocycles. The van der Waals surface area contributed by atoms with Gasteiger partial charge in [0.2, 0.25) is 0 Å². The molecule has 0 bridgehead atoms. The number of carbonyl (C=O) groups excluding carboxylic acids is 1. The summed E-state index contributed by atoms with van der Waals surface area (Å²) in [6.07, 6.45) is 1.37. The minimum Gasteiger partial charge on any atom is -0.497 e. The molecule has 24 heavy (non-hydrogen) atoms. The number of methoxy groups -OCH3 is 1. The van der Waals surface area contributed by atoms with E-state index in [0.717, 1.165) is 4.70 Å². The van der Waals surface area contributed by atoms with Crippen molar-refractivity contribution < 1.29 is 13.9 Å². The lowest BCUT2D eigenvalue weighted by molar-refractivity contribution is -0.112. The Morgan fingerprint density at radius 3 is 2.96 bits per heavy atom. The van der Waals surface area contributed by atoms with E-state index in [1.54, 1.807) is 25.3 Å². The fourth-order valence-electron chi connectivity index (χ4n) is 1.95. The summed E-state index contributed by atoms with van der Waals surface area (Å²) >= 11 is 4.49. The van der Waals surface area contributed by atoms with Crippen LogP contribution in [0.25, 0.3) is 16.3 Å². The van der Waals surface area contributed by atoms with Crippen molar-refractivity contribution in [1.82, 2.24) is 4.98 Å². The van der Waals surface area contributed by atoms with Crippen LogP contribution in [-0.4, -0.2) is 18.0 Å². The molecule has 0 saturated carbocycles. The molecule has 0 spiro atoms. The lowest BCUT2D eigenvalue weighted by Crippen LogP contribution is -2.13. The molecule has 1 aromatic carbocycles. The molecular formula is C16H10BrN3O3S. The van der Waals surface area contributed by atoms with Crippen molar-refractivity contribution in [2.24, 2.45) is 0 Å². The second-order valence-electron chi connectivity index (χ2n) is 4.62. The third-order valence-corrected chi connectivity index (χ3v) is 4.44. The Bertz CT molecular complexity index is 984. The summed E-state index contributed by atoms with van der Waals surface area (Å²) < 4.78 is 11.8. The van der Waals surface area contributed by atoms with E-state index in [4.69, 9.17) is 9.15 Å². The lowest BCUT2D eigenvalue weighted by atomic mass is 10.2. The van der Waals surface area contributed by atoms with E-state index in [1.807, 2.05) is 18.2 Å². The zero-order chi connectivity index (χ0) is 17.1. The van der Waals surface area contributed by atoms with Gasteiger partial charge in [0, 0.05) is 12.1 Å². The Kier molecular flexibility index (Phi) is 4.64. The number of fused-ring (bicyclic) bond motifs is 1. The molecule has 0 unspecified atom stereocenters. The van der Waals surface area contributed by atoms with E-state index in [9.17, 15) is 10.1 Å². The molecule has 0 saturated heterocycles. The van der Waals surface area contributed by atoms with Crippen molar-refractivity contribution in [2.75, 3.05) is 12.4 Å². The molecule has 0 fully saturated rings. The normalized spacial score (nSPS) is 11.3. The summed E-state index contributed by atoms with van der Waals surface area (Å²) in [6, 6.07) is 10.7. The Labute approximate surface area is 149 Å². The second-order valence-corrected chi connectivity index (χ2v) is 6.43. The number of ether oxygens (including phenoxy) is 1. The monoisotopic (exact) mass is 403 g/mol. The molecular weight excluding hydrogens is 394 g/mol. The summed E-state index contributed by atoms with van der Waals surface area (Å²) in [7, 11) is 1.58. The molecule has 0 radical (unpaired) electrons. The van der Waals surface area contributed by atoms with Gasteiger partial charge in [-0.15, -0.1) is 0 Å². The number of anilines is 1. The number of amides is 1. The van der Waals surface area contributed by atoms with Crippen LogP contribution in [0.15, 0.2) is 45.0 Å². The fourth-order valence-corrected chi connectivity index (χ4v) is 3.11. The van der Waals surface area contributed by atoms with E-state index in [0.29, 0.717) is 26.8 Å². The van der Waals surface area contributed by atoms with Crippen LogP contribution in [0.3, 0.4) is 0 Å². The third kappa shape index (κ3) is 3.48. The van der Waals surface area contributed by atoms with Gasteiger partial charge < -0.3 is 9.15 Å². The molecule has 2 aromatic heterocycles. The predicted molar refractivity (Wildman–Crippen MR) is 94.8 cm³/mol. The Balaban J connectivity index is 1.83. The van der Waals surface area contributed by atoms with Crippen molar-refractivity contribution in [2.45, 2.75) is 0 Å². The number of hydrogen-bond acceptors (Lipinski definition) is 6. The molecule has 6 nitrogen and oxygen atoms in total. The average molecular weight is 404 g/mol. The number of halogens is 1. The number of nitriles is 1. The molecule has 0 aliphatic heterocycles. The third-order valence-electron chi connectivity index (χ3n) is 3.06. The van der Waals surface area contributed by atoms with Gasteiger partial charge in [0.15, 0.2) is 9.80 Å². The van der Waals surface area contributed by atoms with Gasteiger partial charge in [-0.05, 0) is 40.2 Å². The minimum absolute atomic E-state index is 0.0753.